The molecule has 2 heterocycles. The Balaban J connectivity index is 1.88. The molecular formula is C17H29N5O3. The van der Waals surface area contributed by atoms with Crippen molar-refractivity contribution in [2.24, 2.45) is 5.92 Å². The van der Waals surface area contributed by atoms with Crippen molar-refractivity contribution in [2.45, 2.75) is 38.5 Å². The van der Waals surface area contributed by atoms with E-state index in [2.05, 4.69) is 15.5 Å². The molecule has 0 aromatic carbocycles. The second kappa shape index (κ2) is 8.94. The van der Waals surface area contributed by atoms with Crippen molar-refractivity contribution in [3.8, 4) is 0 Å². The number of carbonyl (C=O) groups is 2. The molecule has 0 spiro atoms. The number of aldehydes is 1. The summed E-state index contributed by atoms with van der Waals surface area (Å²) in [7, 11) is 3.81. The van der Waals surface area contributed by atoms with E-state index >= 15 is 0 Å². The molecule has 0 saturated carbocycles. The number of rotatable bonds is 7. The quantitative estimate of drug-likeness (QED) is 0.748. The van der Waals surface area contributed by atoms with Crippen molar-refractivity contribution < 1.29 is 14.1 Å². The summed E-state index contributed by atoms with van der Waals surface area (Å²) in [6.45, 7) is 6.26. The Hall–Kier alpha value is -1.96. The number of aromatic nitrogens is 2. The first-order chi connectivity index (χ1) is 11.9. The maximum atomic E-state index is 12.4. The number of carbonyl (C=O) groups excluding carboxylic acids is 2. The van der Waals surface area contributed by atoms with Gasteiger partial charge in [0.1, 0.15) is 6.29 Å². The lowest BCUT2D eigenvalue weighted by Gasteiger charge is -2.31. The van der Waals surface area contributed by atoms with Crippen LogP contribution in [0.2, 0.25) is 0 Å². The Morgan fingerprint density at radius 3 is 2.84 bits per heavy atom. The number of hydrogen-bond acceptors (Lipinski definition) is 6. The minimum absolute atomic E-state index is 0.0967. The smallest absolute Gasteiger partial charge is 0.317 e. The fourth-order valence-corrected chi connectivity index (χ4v) is 2.97. The molecule has 2 rings (SSSR count). The second-order valence-corrected chi connectivity index (χ2v) is 7.28. The third-order valence-corrected chi connectivity index (χ3v) is 4.33. The van der Waals surface area contributed by atoms with Crippen LogP contribution in [0.3, 0.4) is 0 Å². The van der Waals surface area contributed by atoms with Gasteiger partial charge in [-0.3, -0.25) is 0 Å². The summed E-state index contributed by atoms with van der Waals surface area (Å²) >= 11 is 0. The fraction of sp³-hybridized carbons (Fsp3) is 0.765. The number of nitrogens with one attached hydrogen (secondary N) is 1. The van der Waals surface area contributed by atoms with E-state index in [1.54, 1.807) is 4.90 Å². The molecule has 140 valence electrons. The van der Waals surface area contributed by atoms with Crippen molar-refractivity contribution in [1.82, 2.24) is 25.3 Å². The van der Waals surface area contributed by atoms with E-state index in [4.69, 9.17) is 4.52 Å². The lowest BCUT2D eigenvalue weighted by Crippen LogP contribution is -2.47. The van der Waals surface area contributed by atoms with Gasteiger partial charge in [0.05, 0.1) is 0 Å². The molecule has 1 aromatic rings. The van der Waals surface area contributed by atoms with E-state index in [-0.39, 0.29) is 23.8 Å². The number of urea groups is 1. The van der Waals surface area contributed by atoms with Crippen LogP contribution in [0.25, 0.3) is 0 Å². The topological polar surface area (TPSA) is 91.6 Å². The standard InChI is InChI=1S/C17H29N5O3/c1-12(2)16-19-15(20-25-16)14-6-5-7-22(10-14)17(24)18-8-13(11-23)9-21(3)4/h11-14H,5-10H2,1-4H3,(H,18,24)/t13?,14-/m0/s1. The molecule has 1 aliphatic rings. The minimum Gasteiger partial charge on any atom is -0.339 e. The highest BCUT2D eigenvalue weighted by Gasteiger charge is 2.28. The van der Waals surface area contributed by atoms with Gasteiger partial charge >= 0.3 is 6.03 Å². The second-order valence-electron chi connectivity index (χ2n) is 7.28. The number of likely N-dealkylation sites (tertiary alicyclic amines) is 1. The summed E-state index contributed by atoms with van der Waals surface area (Å²) in [6, 6.07) is -0.136. The van der Waals surface area contributed by atoms with Crippen molar-refractivity contribution in [1.29, 1.82) is 0 Å². The lowest BCUT2D eigenvalue weighted by atomic mass is 9.97. The van der Waals surface area contributed by atoms with Crippen molar-refractivity contribution in [3.05, 3.63) is 11.7 Å². The molecule has 1 aliphatic heterocycles. The Bertz CT molecular complexity index is 572. The molecule has 1 N–H and O–H groups in total. The van der Waals surface area contributed by atoms with Gasteiger partial charge in [0.2, 0.25) is 5.89 Å². The van der Waals surface area contributed by atoms with Crippen molar-refractivity contribution in [2.75, 3.05) is 40.3 Å². The van der Waals surface area contributed by atoms with Gasteiger partial charge in [-0.2, -0.15) is 4.98 Å². The first-order valence-corrected chi connectivity index (χ1v) is 8.87. The van der Waals surface area contributed by atoms with E-state index in [0.29, 0.717) is 37.9 Å². The third-order valence-electron chi connectivity index (χ3n) is 4.33. The van der Waals surface area contributed by atoms with Gasteiger partial charge in [-0.05, 0) is 26.9 Å². The van der Waals surface area contributed by atoms with Crippen LogP contribution in [0, 0.1) is 5.92 Å². The molecule has 8 heteroatoms. The predicted octanol–water partition coefficient (Wildman–Crippen LogP) is 1.46. The van der Waals surface area contributed by atoms with Crippen LogP contribution in [0.5, 0.6) is 0 Å². The van der Waals surface area contributed by atoms with Gasteiger partial charge in [-0.15, -0.1) is 0 Å². The predicted molar refractivity (Wildman–Crippen MR) is 93.4 cm³/mol. The largest absolute Gasteiger partial charge is 0.339 e. The molecule has 25 heavy (non-hydrogen) atoms. The van der Waals surface area contributed by atoms with Gasteiger partial charge in [-0.25, -0.2) is 4.79 Å². The molecule has 0 radical (unpaired) electrons. The van der Waals surface area contributed by atoms with E-state index in [1.165, 1.54) is 0 Å². The highest BCUT2D eigenvalue weighted by Crippen LogP contribution is 2.26. The van der Waals surface area contributed by atoms with Gasteiger partial charge in [0.25, 0.3) is 0 Å². The monoisotopic (exact) mass is 351 g/mol. The van der Waals surface area contributed by atoms with Gasteiger partial charge in [0.15, 0.2) is 5.82 Å². The zero-order valence-corrected chi connectivity index (χ0v) is 15.6. The zero-order valence-electron chi connectivity index (χ0n) is 15.6. The molecule has 2 atom stereocenters. The molecule has 1 saturated heterocycles. The van der Waals surface area contributed by atoms with Crippen LogP contribution < -0.4 is 5.32 Å². The highest BCUT2D eigenvalue weighted by atomic mass is 16.5. The molecule has 1 unspecified atom stereocenters. The van der Waals surface area contributed by atoms with Crippen LogP contribution in [0.4, 0.5) is 4.79 Å². The average molecular weight is 351 g/mol. The van der Waals surface area contributed by atoms with E-state index in [1.807, 2.05) is 32.8 Å². The van der Waals surface area contributed by atoms with Gasteiger partial charge in [-0.1, -0.05) is 19.0 Å². The van der Waals surface area contributed by atoms with Crippen LogP contribution in [0.1, 0.15) is 50.2 Å². The average Bonchev–Trinajstić information content (AvgIpc) is 3.08. The van der Waals surface area contributed by atoms with Gasteiger partial charge < -0.3 is 24.4 Å². The van der Waals surface area contributed by atoms with E-state index < -0.39 is 0 Å². The van der Waals surface area contributed by atoms with Gasteiger partial charge in [0, 0.05) is 43.9 Å². The summed E-state index contributed by atoms with van der Waals surface area (Å²) in [6.07, 6.45) is 2.74. The Labute approximate surface area is 148 Å². The molecule has 1 fully saturated rings. The Morgan fingerprint density at radius 1 is 1.48 bits per heavy atom. The molecule has 0 aliphatic carbocycles. The third kappa shape index (κ3) is 5.52. The molecule has 1 aromatic heterocycles. The Morgan fingerprint density at radius 2 is 2.24 bits per heavy atom. The first kappa shape index (κ1) is 19.4. The maximum Gasteiger partial charge on any atom is 0.317 e. The van der Waals surface area contributed by atoms with E-state index in [9.17, 15) is 9.59 Å². The van der Waals surface area contributed by atoms with Crippen LogP contribution in [-0.2, 0) is 4.79 Å². The molecule has 0 bridgehead atoms. The zero-order chi connectivity index (χ0) is 18.4. The summed E-state index contributed by atoms with van der Waals surface area (Å²) < 4.78 is 5.28. The number of piperidine rings is 1. The first-order valence-electron chi connectivity index (χ1n) is 8.87. The molecular weight excluding hydrogens is 322 g/mol. The summed E-state index contributed by atoms with van der Waals surface area (Å²) in [5.41, 5.74) is 0. The number of amides is 2. The van der Waals surface area contributed by atoms with Crippen LogP contribution in [-0.4, -0.2) is 72.5 Å². The Kier molecular flexibility index (Phi) is 6.92. The highest BCUT2D eigenvalue weighted by molar-refractivity contribution is 5.74. The summed E-state index contributed by atoms with van der Waals surface area (Å²) in [5, 5.41) is 6.95. The van der Waals surface area contributed by atoms with Crippen LogP contribution >= 0.6 is 0 Å². The minimum atomic E-state index is -0.203. The van der Waals surface area contributed by atoms with E-state index in [0.717, 1.165) is 19.1 Å². The summed E-state index contributed by atoms with van der Waals surface area (Å²) in [5.74, 6) is 1.40. The van der Waals surface area contributed by atoms with Crippen molar-refractivity contribution >= 4 is 12.3 Å². The molecule has 2 amide bonds. The molecule has 8 nitrogen and oxygen atoms in total. The fourth-order valence-electron chi connectivity index (χ4n) is 2.97. The normalized spacial score (nSPS) is 19.3. The van der Waals surface area contributed by atoms with Crippen molar-refractivity contribution in [3.63, 3.8) is 0 Å². The SMILES string of the molecule is CC(C)c1nc([C@H]2CCCN(C(=O)NCC(C=O)CN(C)C)C2)no1. The number of hydrogen-bond donors (Lipinski definition) is 1. The number of nitrogens with zero attached hydrogens (tertiary/aromatic N) is 4. The summed E-state index contributed by atoms with van der Waals surface area (Å²) in [4.78, 5) is 31.7. The lowest BCUT2D eigenvalue weighted by molar-refractivity contribution is -0.111. The van der Waals surface area contributed by atoms with Crippen LogP contribution in [0.15, 0.2) is 4.52 Å². The maximum absolute atomic E-state index is 12.4.